The van der Waals surface area contributed by atoms with Crippen molar-refractivity contribution in [2.24, 2.45) is 5.92 Å². The number of ether oxygens (including phenoxy) is 1. The Balaban J connectivity index is 1.23. The molecule has 4 heterocycles. The molecule has 0 radical (unpaired) electrons. The molecule has 2 aromatic heterocycles. The maximum absolute atomic E-state index is 5.95. The van der Waals surface area contributed by atoms with Crippen LogP contribution < -0.4 is 0 Å². The van der Waals surface area contributed by atoms with E-state index in [9.17, 15) is 0 Å². The van der Waals surface area contributed by atoms with E-state index in [1.165, 1.54) is 17.5 Å². The maximum Gasteiger partial charge on any atom is 0.0718 e. The topological polar surface area (TPSA) is 57.3 Å². The molecule has 0 bridgehead atoms. The van der Waals surface area contributed by atoms with Gasteiger partial charge in [0.2, 0.25) is 0 Å². The van der Waals surface area contributed by atoms with Crippen LogP contribution >= 0.6 is 0 Å². The van der Waals surface area contributed by atoms with Gasteiger partial charge in [0.15, 0.2) is 0 Å². The van der Waals surface area contributed by atoms with Crippen LogP contribution in [0.2, 0.25) is 0 Å². The van der Waals surface area contributed by atoms with Gasteiger partial charge in [0.25, 0.3) is 0 Å². The molecule has 2 aliphatic rings. The van der Waals surface area contributed by atoms with E-state index in [4.69, 9.17) is 4.74 Å². The molecule has 2 aliphatic heterocycles. The van der Waals surface area contributed by atoms with Gasteiger partial charge in [-0.05, 0) is 37.1 Å². The van der Waals surface area contributed by atoms with E-state index >= 15 is 0 Å². The average Bonchev–Trinajstić information content (AvgIpc) is 3.17. The van der Waals surface area contributed by atoms with E-state index < -0.39 is 0 Å². The highest BCUT2D eigenvalue weighted by atomic mass is 16.5. The number of nitrogens with zero attached hydrogens (tertiary/aromatic N) is 4. The van der Waals surface area contributed by atoms with Gasteiger partial charge in [-0.25, -0.2) is 0 Å². The van der Waals surface area contributed by atoms with Gasteiger partial charge in [-0.1, -0.05) is 0 Å². The van der Waals surface area contributed by atoms with Crippen LogP contribution in [0.4, 0.5) is 0 Å². The molecular formula is C18H25N5O. The first kappa shape index (κ1) is 15.7. The monoisotopic (exact) mass is 327 g/mol. The summed E-state index contributed by atoms with van der Waals surface area (Å²) in [5, 5.41) is 6.92. The molecule has 2 aromatic rings. The van der Waals surface area contributed by atoms with Crippen molar-refractivity contribution in [3.8, 4) is 0 Å². The fourth-order valence-corrected chi connectivity index (χ4v) is 4.16. The zero-order chi connectivity index (χ0) is 16.4. The zero-order valence-corrected chi connectivity index (χ0v) is 14.2. The van der Waals surface area contributed by atoms with Gasteiger partial charge in [-0.2, -0.15) is 5.10 Å². The van der Waals surface area contributed by atoms with E-state index in [0.29, 0.717) is 18.1 Å². The first-order valence-electron chi connectivity index (χ1n) is 8.61. The summed E-state index contributed by atoms with van der Waals surface area (Å²) in [4.78, 5) is 9.08. The van der Waals surface area contributed by atoms with Crippen molar-refractivity contribution in [1.82, 2.24) is 25.0 Å². The fraction of sp³-hybridized carbons (Fsp3) is 0.556. The number of H-pyrrole nitrogens is 1. The fourth-order valence-electron chi connectivity index (χ4n) is 4.16. The number of aromatic nitrogens is 3. The zero-order valence-electron chi connectivity index (χ0n) is 14.2. The third-order valence-electron chi connectivity index (χ3n) is 5.38. The molecule has 4 rings (SSSR count). The normalized spacial score (nSPS) is 23.6. The second kappa shape index (κ2) is 6.63. The summed E-state index contributed by atoms with van der Waals surface area (Å²) >= 11 is 0. The number of rotatable bonds is 6. The van der Waals surface area contributed by atoms with E-state index in [1.807, 2.05) is 36.9 Å². The van der Waals surface area contributed by atoms with Crippen LogP contribution in [0.5, 0.6) is 0 Å². The van der Waals surface area contributed by atoms with Gasteiger partial charge >= 0.3 is 0 Å². The Hall–Kier alpha value is -1.76. The van der Waals surface area contributed by atoms with Gasteiger partial charge in [-0.15, -0.1) is 0 Å². The lowest BCUT2D eigenvalue weighted by Crippen LogP contribution is -2.66. The Morgan fingerprint density at radius 2 is 2.12 bits per heavy atom. The standard InChI is InChI=1S/C18H25N5O/c1-22-9-16(12-24-11-15-2-4-19-5-3-15)6-18(22)13-23(14-18)10-17-7-20-21-8-17/h2-5,7-8,16H,6,9-14H2,1H3,(H,20,21)/t16-/m0/s1. The molecule has 0 unspecified atom stereocenters. The van der Waals surface area contributed by atoms with Crippen LogP contribution in [0.3, 0.4) is 0 Å². The Bertz CT molecular complexity index is 639. The number of hydrogen-bond donors (Lipinski definition) is 1. The van der Waals surface area contributed by atoms with Crippen molar-refractivity contribution in [3.05, 3.63) is 48.0 Å². The summed E-state index contributed by atoms with van der Waals surface area (Å²) in [7, 11) is 2.26. The smallest absolute Gasteiger partial charge is 0.0718 e. The van der Waals surface area contributed by atoms with Crippen LogP contribution in [-0.2, 0) is 17.9 Å². The first-order chi connectivity index (χ1) is 11.7. The van der Waals surface area contributed by atoms with E-state index in [2.05, 4.69) is 32.0 Å². The molecule has 128 valence electrons. The molecule has 1 N–H and O–H groups in total. The molecule has 1 spiro atoms. The lowest BCUT2D eigenvalue weighted by Gasteiger charge is -2.52. The molecule has 6 nitrogen and oxygen atoms in total. The van der Waals surface area contributed by atoms with E-state index in [1.54, 1.807) is 0 Å². The Morgan fingerprint density at radius 1 is 1.29 bits per heavy atom. The van der Waals surface area contributed by atoms with Crippen molar-refractivity contribution in [1.29, 1.82) is 0 Å². The number of nitrogens with one attached hydrogen (secondary N) is 1. The van der Waals surface area contributed by atoms with Gasteiger partial charge in [0.1, 0.15) is 0 Å². The minimum Gasteiger partial charge on any atom is -0.376 e. The summed E-state index contributed by atoms with van der Waals surface area (Å²) < 4.78 is 5.95. The number of likely N-dealkylation sites (tertiary alicyclic amines) is 2. The lowest BCUT2D eigenvalue weighted by atomic mass is 9.84. The predicted molar refractivity (Wildman–Crippen MR) is 91.2 cm³/mol. The van der Waals surface area contributed by atoms with E-state index in [0.717, 1.165) is 32.8 Å². The number of likely N-dealkylation sites (N-methyl/N-ethyl adjacent to an activating group) is 1. The highest BCUT2D eigenvalue weighted by Gasteiger charge is 2.51. The molecule has 24 heavy (non-hydrogen) atoms. The van der Waals surface area contributed by atoms with Crippen LogP contribution in [0.25, 0.3) is 0 Å². The maximum atomic E-state index is 5.95. The largest absolute Gasteiger partial charge is 0.376 e. The molecular weight excluding hydrogens is 302 g/mol. The van der Waals surface area contributed by atoms with Crippen molar-refractivity contribution >= 4 is 0 Å². The molecule has 6 heteroatoms. The minimum absolute atomic E-state index is 0.356. The highest BCUT2D eigenvalue weighted by molar-refractivity contribution is 5.12. The Labute approximate surface area is 142 Å². The SMILES string of the molecule is CN1C[C@@H](COCc2ccncc2)CC12CN(Cc1cn[nH]c1)C2. The predicted octanol–water partition coefficient (Wildman–Crippen LogP) is 1.53. The number of pyridine rings is 1. The van der Waals surface area contributed by atoms with Gasteiger partial charge in [0, 0.05) is 55.9 Å². The van der Waals surface area contributed by atoms with Crippen LogP contribution in [0.1, 0.15) is 17.5 Å². The second-order valence-corrected chi connectivity index (χ2v) is 7.30. The van der Waals surface area contributed by atoms with Gasteiger partial charge in [0.05, 0.1) is 19.4 Å². The third kappa shape index (κ3) is 3.22. The van der Waals surface area contributed by atoms with Crippen molar-refractivity contribution in [2.45, 2.75) is 25.1 Å². The average molecular weight is 327 g/mol. The molecule has 0 aromatic carbocycles. The first-order valence-corrected chi connectivity index (χ1v) is 8.61. The van der Waals surface area contributed by atoms with Crippen LogP contribution in [0.15, 0.2) is 36.9 Å². The van der Waals surface area contributed by atoms with Gasteiger partial charge in [-0.3, -0.25) is 19.9 Å². The molecule has 2 saturated heterocycles. The highest BCUT2D eigenvalue weighted by Crippen LogP contribution is 2.40. The molecule has 0 aliphatic carbocycles. The molecule has 1 atom stereocenters. The molecule has 0 saturated carbocycles. The van der Waals surface area contributed by atoms with Gasteiger partial charge < -0.3 is 4.74 Å². The number of hydrogen-bond acceptors (Lipinski definition) is 5. The molecule has 0 amide bonds. The van der Waals surface area contributed by atoms with Crippen LogP contribution in [-0.4, -0.2) is 63.8 Å². The summed E-state index contributed by atoms with van der Waals surface area (Å²) in [6, 6.07) is 4.03. The van der Waals surface area contributed by atoms with Crippen molar-refractivity contribution in [3.63, 3.8) is 0 Å². The summed E-state index contributed by atoms with van der Waals surface area (Å²) in [5.41, 5.74) is 2.82. The molecule has 2 fully saturated rings. The second-order valence-electron chi connectivity index (χ2n) is 7.30. The summed E-state index contributed by atoms with van der Waals surface area (Å²) in [6.07, 6.45) is 8.78. The minimum atomic E-state index is 0.356. The Kier molecular flexibility index (Phi) is 4.35. The summed E-state index contributed by atoms with van der Waals surface area (Å²) in [6.45, 7) is 5.95. The Morgan fingerprint density at radius 3 is 2.88 bits per heavy atom. The van der Waals surface area contributed by atoms with Crippen molar-refractivity contribution in [2.75, 3.05) is 33.3 Å². The van der Waals surface area contributed by atoms with E-state index in [-0.39, 0.29) is 0 Å². The van der Waals surface area contributed by atoms with Crippen LogP contribution in [0, 0.1) is 5.92 Å². The third-order valence-corrected chi connectivity index (χ3v) is 5.38. The number of aromatic amines is 1. The summed E-state index contributed by atoms with van der Waals surface area (Å²) in [5.74, 6) is 0.632. The quantitative estimate of drug-likeness (QED) is 0.872. The lowest BCUT2D eigenvalue weighted by molar-refractivity contribution is -0.0226. The van der Waals surface area contributed by atoms with Crippen molar-refractivity contribution < 1.29 is 4.74 Å².